The first-order chi connectivity index (χ1) is 7.17. The Morgan fingerprint density at radius 1 is 1.67 bits per heavy atom. The number of H-pyrrole nitrogens is 1. The van der Waals surface area contributed by atoms with Crippen molar-refractivity contribution in [3.63, 3.8) is 0 Å². The molecule has 0 radical (unpaired) electrons. The van der Waals surface area contributed by atoms with Crippen LogP contribution in [0.2, 0.25) is 0 Å². The van der Waals surface area contributed by atoms with Crippen molar-refractivity contribution in [2.75, 3.05) is 11.9 Å². The lowest BCUT2D eigenvalue weighted by Crippen LogP contribution is -2.18. The zero-order valence-electron chi connectivity index (χ0n) is 8.64. The van der Waals surface area contributed by atoms with Gasteiger partial charge in [-0.3, -0.25) is 4.79 Å². The fourth-order valence-electron chi connectivity index (χ4n) is 1.61. The molecule has 1 aliphatic rings. The maximum Gasteiger partial charge on any atom is 0.267 e. The molecular weight excluding hydrogens is 258 g/mol. The highest BCUT2D eigenvalue weighted by Gasteiger charge is 2.40. The van der Waals surface area contributed by atoms with E-state index in [2.05, 4.69) is 38.1 Å². The number of nitrogens with zero attached hydrogens (tertiary/aromatic N) is 1. The molecule has 0 saturated heterocycles. The number of nitrogens with one attached hydrogen (secondary N) is 2. The van der Waals surface area contributed by atoms with E-state index in [-0.39, 0.29) is 5.56 Å². The topological polar surface area (TPSA) is 57.8 Å². The number of aromatic amines is 1. The number of hydrogen-bond donors (Lipinski definition) is 2. The third-order valence-electron chi connectivity index (χ3n) is 3.13. The first-order valence-corrected chi connectivity index (χ1v) is 5.93. The van der Waals surface area contributed by atoms with E-state index in [1.165, 1.54) is 25.6 Å². The van der Waals surface area contributed by atoms with Gasteiger partial charge in [-0.15, -0.1) is 0 Å². The molecular formula is C10H14BrN3O. The van der Waals surface area contributed by atoms with Gasteiger partial charge in [-0.25, -0.2) is 4.98 Å². The lowest BCUT2D eigenvalue weighted by atomic mass is 10.0. The van der Waals surface area contributed by atoms with Crippen molar-refractivity contribution in [3.8, 4) is 0 Å². The van der Waals surface area contributed by atoms with Gasteiger partial charge in [0.2, 0.25) is 0 Å². The van der Waals surface area contributed by atoms with Crippen LogP contribution in [-0.2, 0) is 0 Å². The van der Waals surface area contributed by atoms with Gasteiger partial charge in [-0.1, -0.05) is 6.92 Å². The Hall–Kier alpha value is -0.840. The van der Waals surface area contributed by atoms with E-state index in [4.69, 9.17) is 0 Å². The summed E-state index contributed by atoms with van der Waals surface area (Å²) in [6, 6.07) is 0. The SMILES string of the molecule is CCC1(CNc2nc[nH]c(=O)c2Br)CC1. The van der Waals surface area contributed by atoms with E-state index in [0.717, 1.165) is 6.54 Å². The van der Waals surface area contributed by atoms with Crippen molar-refractivity contribution in [1.29, 1.82) is 0 Å². The summed E-state index contributed by atoms with van der Waals surface area (Å²) in [5.74, 6) is 0.637. The minimum atomic E-state index is -0.145. The molecule has 1 aliphatic carbocycles. The highest BCUT2D eigenvalue weighted by molar-refractivity contribution is 9.10. The fourth-order valence-corrected chi connectivity index (χ4v) is 1.97. The highest BCUT2D eigenvalue weighted by atomic mass is 79.9. The molecule has 1 aromatic heterocycles. The van der Waals surface area contributed by atoms with Crippen molar-refractivity contribution in [2.24, 2.45) is 5.41 Å². The van der Waals surface area contributed by atoms with Gasteiger partial charge >= 0.3 is 0 Å². The number of halogens is 1. The van der Waals surface area contributed by atoms with Gasteiger partial charge in [0.15, 0.2) is 0 Å². The Morgan fingerprint density at radius 2 is 2.40 bits per heavy atom. The summed E-state index contributed by atoms with van der Waals surface area (Å²) in [5, 5.41) is 3.23. The van der Waals surface area contributed by atoms with E-state index in [1.807, 2.05) is 0 Å². The Bertz CT molecular complexity index is 411. The molecule has 0 atom stereocenters. The fraction of sp³-hybridized carbons (Fsp3) is 0.600. The Morgan fingerprint density at radius 3 is 3.00 bits per heavy atom. The molecule has 15 heavy (non-hydrogen) atoms. The minimum absolute atomic E-state index is 0.145. The number of hydrogen-bond acceptors (Lipinski definition) is 3. The van der Waals surface area contributed by atoms with Gasteiger partial charge in [-0.05, 0) is 40.6 Å². The molecule has 0 bridgehead atoms. The second kappa shape index (κ2) is 3.96. The van der Waals surface area contributed by atoms with Crippen molar-refractivity contribution in [2.45, 2.75) is 26.2 Å². The summed E-state index contributed by atoms with van der Waals surface area (Å²) in [4.78, 5) is 17.9. The summed E-state index contributed by atoms with van der Waals surface area (Å²) in [6.45, 7) is 3.10. The monoisotopic (exact) mass is 271 g/mol. The van der Waals surface area contributed by atoms with Gasteiger partial charge in [0, 0.05) is 6.54 Å². The van der Waals surface area contributed by atoms with Crippen LogP contribution in [0.25, 0.3) is 0 Å². The lowest BCUT2D eigenvalue weighted by molar-refractivity contribution is 0.520. The summed E-state index contributed by atoms with van der Waals surface area (Å²) < 4.78 is 0.483. The van der Waals surface area contributed by atoms with Gasteiger partial charge in [0.05, 0.1) is 6.33 Å². The van der Waals surface area contributed by atoms with E-state index in [1.54, 1.807) is 0 Å². The van der Waals surface area contributed by atoms with Crippen molar-refractivity contribution >= 4 is 21.7 Å². The molecule has 0 aliphatic heterocycles. The van der Waals surface area contributed by atoms with Crippen LogP contribution in [0.5, 0.6) is 0 Å². The average molecular weight is 272 g/mol. The average Bonchev–Trinajstić information content (AvgIpc) is 3.01. The highest BCUT2D eigenvalue weighted by Crippen LogP contribution is 2.48. The predicted octanol–water partition coefficient (Wildman–Crippen LogP) is 2.13. The first-order valence-electron chi connectivity index (χ1n) is 5.14. The van der Waals surface area contributed by atoms with Crippen molar-refractivity contribution < 1.29 is 0 Å². The molecule has 0 amide bonds. The van der Waals surface area contributed by atoms with E-state index in [0.29, 0.717) is 15.7 Å². The molecule has 0 aromatic carbocycles. The Balaban J connectivity index is 2.05. The van der Waals surface area contributed by atoms with Crippen LogP contribution in [0.1, 0.15) is 26.2 Å². The summed E-state index contributed by atoms with van der Waals surface area (Å²) in [5.41, 5.74) is 0.304. The summed E-state index contributed by atoms with van der Waals surface area (Å²) in [7, 11) is 0. The van der Waals surface area contributed by atoms with Crippen LogP contribution in [0.3, 0.4) is 0 Å². The summed E-state index contributed by atoms with van der Waals surface area (Å²) in [6.07, 6.45) is 5.15. The molecule has 4 nitrogen and oxygen atoms in total. The van der Waals surface area contributed by atoms with Crippen LogP contribution in [0, 0.1) is 5.41 Å². The molecule has 1 saturated carbocycles. The van der Waals surface area contributed by atoms with Gasteiger partial charge in [0.25, 0.3) is 5.56 Å². The Labute approximate surface area is 96.6 Å². The first kappa shape index (κ1) is 10.7. The predicted molar refractivity (Wildman–Crippen MR) is 63.0 cm³/mol. The van der Waals surface area contributed by atoms with Gasteiger partial charge in [-0.2, -0.15) is 0 Å². The Kier molecular flexibility index (Phi) is 2.82. The zero-order chi connectivity index (χ0) is 10.9. The second-order valence-electron chi connectivity index (χ2n) is 4.10. The quantitative estimate of drug-likeness (QED) is 0.882. The molecule has 2 rings (SSSR count). The number of rotatable bonds is 4. The summed E-state index contributed by atoms with van der Waals surface area (Å²) >= 11 is 3.22. The smallest absolute Gasteiger partial charge is 0.267 e. The normalized spacial score (nSPS) is 17.5. The molecule has 0 spiro atoms. The molecule has 0 unspecified atom stereocenters. The molecule has 2 N–H and O–H groups in total. The standard InChI is InChI=1S/C10H14BrN3O/c1-2-10(3-4-10)5-12-8-7(11)9(15)14-6-13-8/h6H,2-5H2,1H3,(H2,12,13,14,15). The molecule has 5 heteroatoms. The third kappa shape index (κ3) is 2.22. The van der Waals surface area contributed by atoms with Crippen molar-refractivity contribution in [1.82, 2.24) is 9.97 Å². The maximum atomic E-state index is 11.3. The van der Waals surface area contributed by atoms with Gasteiger partial charge < -0.3 is 10.3 Å². The second-order valence-corrected chi connectivity index (χ2v) is 4.89. The van der Waals surface area contributed by atoms with Crippen molar-refractivity contribution in [3.05, 3.63) is 21.2 Å². The minimum Gasteiger partial charge on any atom is -0.368 e. The van der Waals surface area contributed by atoms with Crippen LogP contribution < -0.4 is 10.9 Å². The van der Waals surface area contributed by atoms with E-state index in [9.17, 15) is 4.79 Å². The lowest BCUT2D eigenvalue weighted by Gasteiger charge is -2.14. The maximum absolute atomic E-state index is 11.3. The van der Waals surface area contributed by atoms with Crippen LogP contribution in [0.15, 0.2) is 15.6 Å². The molecule has 1 aromatic rings. The van der Waals surface area contributed by atoms with Crippen LogP contribution in [-0.4, -0.2) is 16.5 Å². The van der Waals surface area contributed by atoms with E-state index < -0.39 is 0 Å². The van der Waals surface area contributed by atoms with Gasteiger partial charge in [0.1, 0.15) is 10.3 Å². The van der Waals surface area contributed by atoms with Crippen LogP contribution in [0.4, 0.5) is 5.82 Å². The molecule has 1 fully saturated rings. The molecule has 82 valence electrons. The largest absolute Gasteiger partial charge is 0.368 e. The molecule has 1 heterocycles. The zero-order valence-corrected chi connectivity index (χ0v) is 10.2. The van der Waals surface area contributed by atoms with Crippen LogP contribution >= 0.6 is 15.9 Å². The number of anilines is 1. The van der Waals surface area contributed by atoms with E-state index >= 15 is 0 Å². The third-order valence-corrected chi connectivity index (χ3v) is 3.87. The number of aromatic nitrogens is 2.